The maximum Gasteiger partial charge on any atom is 0.328 e. The van der Waals surface area contributed by atoms with Crippen LogP contribution >= 0.6 is 0 Å². The van der Waals surface area contributed by atoms with Crippen molar-refractivity contribution < 1.29 is 13.9 Å². The minimum atomic E-state index is -0.598. The van der Waals surface area contributed by atoms with Gasteiger partial charge in [-0.3, -0.25) is 5.10 Å². The van der Waals surface area contributed by atoms with Gasteiger partial charge in [0.05, 0.1) is 12.3 Å². The van der Waals surface area contributed by atoms with Gasteiger partial charge in [0, 0.05) is 29.3 Å². The minimum absolute atomic E-state index is 0.246. The van der Waals surface area contributed by atoms with Crippen molar-refractivity contribution in [2.24, 2.45) is 5.41 Å². The zero-order valence-electron chi connectivity index (χ0n) is 14.4. The van der Waals surface area contributed by atoms with Gasteiger partial charge in [-0.15, -0.1) is 0 Å². The fraction of sp³-hybridized carbons (Fsp3) is 0.500. The molecule has 1 unspecified atom stereocenters. The predicted molar refractivity (Wildman–Crippen MR) is 90.6 cm³/mol. The normalized spacial score (nSPS) is 21.7. The molecule has 4 rings (SSSR count). The standard InChI is InChI=1S/C18H21FN4O2/c1-18(2)5-3-11-13(9-18)22-23-16(11)10-7-14(19)21-15(8-10)20-12-4-6-25-17(12)24/h7-8,12H,3-6,9H2,1-2H3,(H,20,21)(H,22,23). The summed E-state index contributed by atoms with van der Waals surface area (Å²) in [7, 11) is 0. The second-order valence-electron chi connectivity index (χ2n) is 7.59. The molecule has 0 amide bonds. The van der Waals surface area contributed by atoms with Crippen molar-refractivity contribution in [3.63, 3.8) is 0 Å². The highest BCUT2D eigenvalue weighted by Gasteiger charge is 2.30. The number of nitrogens with zero attached hydrogens (tertiary/aromatic N) is 2. The maximum atomic E-state index is 14.0. The number of rotatable bonds is 3. The Bertz CT molecular complexity index is 830. The lowest BCUT2D eigenvalue weighted by molar-refractivity contribution is -0.138. The quantitative estimate of drug-likeness (QED) is 0.661. The molecular formula is C18H21FN4O2. The van der Waals surface area contributed by atoms with E-state index < -0.39 is 12.0 Å². The molecule has 3 heterocycles. The Morgan fingerprint density at radius 1 is 1.40 bits per heavy atom. The van der Waals surface area contributed by atoms with Crippen LogP contribution in [0.2, 0.25) is 0 Å². The summed E-state index contributed by atoms with van der Waals surface area (Å²) in [5, 5.41) is 10.5. The number of carbonyl (C=O) groups excluding carboxylic acids is 1. The molecule has 0 aromatic carbocycles. The Kier molecular flexibility index (Phi) is 3.74. The lowest BCUT2D eigenvalue weighted by Crippen LogP contribution is -2.25. The Balaban J connectivity index is 1.65. The van der Waals surface area contributed by atoms with Crippen molar-refractivity contribution in [3.8, 4) is 11.3 Å². The number of aromatic amines is 1. The number of pyridine rings is 1. The van der Waals surface area contributed by atoms with Gasteiger partial charge in [-0.05, 0) is 30.7 Å². The van der Waals surface area contributed by atoms with Gasteiger partial charge in [0.15, 0.2) is 0 Å². The summed E-state index contributed by atoms with van der Waals surface area (Å²) in [5.74, 6) is -0.599. The van der Waals surface area contributed by atoms with E-state index in [0.717, 1.165) is 36.2 Å². The predicted octanol–water partition coefficient (Wildman–Crippen LogP) is 2.85. The first kappa shape index (κ1) is 16.1. The SMILES string of the molecule is CC1(C)CCc2c(-c3cc(F)nc(NC4CCOC4=O)c3)n[nH]c2C1. The summed E-state index contributed by atoms with van der Waals surface area (Å²) in [4.78, 5) is 15.5. The number of esters is 1. The molecule has 0 saturated carbocycles. The van der Waals surface area contributed by atoms with Gasteiger partial charge >= 0.3 is 5.97 Å². The summed E-state index contributed by atoms with van der Waals surface area (Å²) in [6, 6.07) is 2.65. The number of H-pyrrole nitrogens is 1. The number of anilines is 1. The molecule has 0 radical (unpaired) electrons. The Labute approximate surface area is 145 Å². The van der Waals surface area contributed by atoms with Gasteiger partial charge in [0.25, 0.3) is 0 Å². The number of aromatic nitrogens is 3. The Morgan fingerprint density at radius 3 is 3.00 bits per heavy atom. The molecule has 0 spiro atoms. The number of nitrogens with one attached hydrogen (secondary N) is 2. The average Bonchev–Trinajstić information content (AvgIpc) is 3.12. The van der Waals surface area contributed by atoms with E-state index in [1.807, 2.05) is 0 Å². The number of fused-ring (bicyclic) bond motifs is 1. The number of hydrogen-bond donors (Lipinski definition) is 2. The van der Waals surface area contributed by atoms with E-state index >= 15 is 0 Å². The number of cyclic esters (lactones) is 1. The topological polar surface area (TPSA) is 79.9 Å². The second-order valence-corrected chi connectivity index (χ2v) is 7.59. The highest BCUT2D eigenvalue weighted by molar-refractivity contribution is 5.81. The smallest absolute Gasteiger partial charge is 0.328 e. The van der Waals surface area contributed by atoms with Crippen LogP contribution in [0.4, 0.5) is 10.2 Å². The molecule has 1 saturated heterocycles. The third-order valence-corrected chi connectivity index (χ3v) is 4.98. The van der Waals surface area contributed by atoms with Gasteiger partial charge in [-0.2, -0.15) is 9.49 Å². The molecule has 6 nitrogen and oxygen atoms in total. The Hall–Kier alpha value is -2.44. The lowest BCUT2D eigenvalue weighted by Gasteiger charge is -2.29. The van der Waals surface area contributed by atoms with Crippen LogP contribution in [0.1, 0.15) is 37.9 Å². The van der Waals surface area contributed by atoms with Crippen molar-refractivity contribution in [1.82, 2.24) is 15.2 Å². The minimum Gasteiger partial charge on any atom is -0.464 e. The van der Waals surface area contributed by atoms with E-state index in [9.17, 15) is 9.18 Å². The lowest BCUT2D eigenvalue weighted by atomic mass is 9.76. The molecule has 7 heteroatoms. The van der Waals surface area contributed by atoms with E-state index in [1.54, 1.807) is 6.07 Å². The zero-order chi connectivity index (χ0) is 17.6. The fourth-order valence-electron chi connectivity index (χ4n) is 3.60. The molecule has 2 aliphatic rings. The molecule has 25 heavy (non-hydrogen) atoms. The van der Waals surface area contributed by atoms with Crippen molar-refractivity contribution in [1.29, 1.82) is 0 Å². The van der Waals surface area contributed by atoms with E-state index in [2.05, 4.69) is 34.3 Å². The summed E-state index contributed by atoms with van der Waals surface area (Å²) >= 11 is 0. The summed E-state index contributed by atoms with van der Waals surface area (Å²) < 4.78 is 19.0. The van der Waals surface area contributed by atoms with Crippen molar-refractivity contribution in [2.75, 3.05) is 11.9 Å². The highest BCUT2D eigenvalue weighted by atomic mass is 19.1. The van der Waals surface area contributed by atoms with Gasteiger partial charge < -0.3 is 10.1 Å². The number of carbonyl (C=O) groups is 1. The summed E-state index contributed by atoms with van der Waals surface area (Å²) in [6.07, 6.45) is 3.47. The van der Waals surface area contributed by atoms with Gasteiger partial charge in [0.2, 0.25) is 5.95 Å². The van der Waals surface area contributed by atoms with Crippen LogP contribution in [-0.4, -0.2) is 33.8 Å². The monoisotopic (exact) mass is 344 g/mol. The van der Waals surface area contributed by atoms with Crippen LogP contribution in [0.3, 0.4) is 0 Å². The van der Waals surface area contributed by atoms with Crippen molar-refractivity contribution in [2.45, 2.75) is 45.6 Å². The second kappa shape index (κ2) is 5.82. The van der Waals surface area contributed by atoms with Crippen LogP contribution in [0.25, 0.3) is 11.3 Å². The van der Waals surface area contributed by atoms with E-state index in [1.165, 1.54) is 6.07 Å². The zero-order valence-corrected chi connectivity index (χ0v) is 14.4. The Morgan fingerprint density at radius 2 is 2.24 bits per heavy atom. The van der Waals surface area contributed by atoms with Crippen LogP contribution in [0.5, 0.6) is 0 Å². The summed E-state index contributed by atoms with van der Waals surface area (Å²) in [5.41, 5.74) is 3.95. The molecule has 1 atom stereocenters. The molecule has 132 valence electrons. The first-order valence-electron chi connectivity index (χ1n) is 8.58. The molecule has 2 aromatic rings. The number of hydrogen-bond acceptors (Lipinski definition) is 5. The molecule has 0 bridgehead atoms. The van der Waals surface area contributed by atoms with Gasteiger partial charge in [-0.25, -0.2) is 9.78 Å². The number of ether oxygens (including phenoxy) is 1. The summed E-state index contributed by atoms with van der Waals surface area (Å²) in [6.45, 7) is 4.86. The molecular weight excluding hydrogens is 323 g/mol. The van der Waals surface area contributed by atoms with Crippen molar-refractivity contribution in [3.05, 3.63) is 29.3 Å². The van der Waals surface area contributed by atoms with E-state index in [0.29, 0.717) is 24.4 Å². The van der Waals surface area contributed by atoms with Crippen LogP contribution in [0.15, 0.2) is 12.1 Å². The maximum absolute atomic E-state index is 14.0. The van der Waals surface area contributed by atoms with Crippen LogP contribution in [-0.2, 0) is 22.4 Å². The van der Waals surface area contributed by atoms with Gasteiger partial charge in [0.1, 0.15) is 11.9 Å². The largest absolute Gasteiger partial charge is 0.464 e. The third kappa shape index (κ3) is 3.10. The number of halogens is 1. The fourth-order valence-corrected chi connectivity index (χ4v) is 3.60. The van der Waals surface area contributed by atoms with Gasteiger partial charge in [-0.1, -0.05) is 13.8 Å². The highest BCUT2D eigenvalue weighted by Crippen LogP contribution is 2.38. The first-order valence-corrected chi connectivity index (χ1v) is 8.58. The molecule has 1 aliphatic carbocycles. The first-order chi connectivity index (χ1) is 11.9. The molecule has 1 aliphatic heterocycles. The van der Waals surface area contributed by atoms with Crippen LogP contribution in [0, 0.1) is 11.4 Å². The molecule has 2 aromatic heterocycles. The third-order valence-electron chi connectivity index (χ3n) is 4.98. The molecule has 1 fully saturated rings. The van der Waals surface area contributed by atoms with E-state index in [-0.39, 0.29) is 11.4 Å². The average molecular weight is 344 g/mol. The van der Waals surface area contributed by atoms with E-state index in [4.69, 9.17) is 4.74 Å². The molecule has 2 N–H and O–H groups in total. The van der Waals surface area contributed by atoms with Crippen molar-refractivity contribution >= 4 is 11.8 Å². The van der Waals surface area contributed by atoms with Crippen LogP contribution < -0.4 is 5.32 Å².